The standard InChI is InChI=1S/C5H9N3O3/c6-5(7,3(9)10)1-4(11)2-8-4/h2,11H,1,6-7H2,(H,9,10). The summed E-state index contributed by atoms with van der Waals surface area (Å²) < 4.78 is 0. The topological polar surface area (TPSA) is 122 Å². The van der Waals surface area contributed by atoms with Gasteiger partial charge in [-0.25, -0.2) is 4.79 Å². The molecule has 62 valence electrons. The number of carboxylic acid groups (broad SMARTS) is 1. The quantitative estimate of drug-likeness (QED) is 0.349. The lowest BCUT2D eigenvalue weighted by molar-refractivity contribution is -0.144. The van der Waals surface area contributed by atoms with Crippen LogP contribution in [0, 0.1) is 0 Å². The van der Waals surface area contributed by atoms with E-state index in [2.05, 4.69) is 4.99 Å². The van der Waals surface area contributed by atoms with E-state index in [0.717, 1.165) is 0 Å². The summed E-state index contributed by atoms with van der Waals surface area (Å²) in [6.45, 7) is 0. The number of aliphatic hydroxyl groups is 1. The van der Waals surface area contributed by atoms with Crippen LogP contribution in [0.2, 0.25) is 0 Å². The first-order valence-corrected chi connectivity index (χ1v) is 2.96. The van der Waals surface area contributed by atoms with Gasteiger partial charge in [0.1, 0.15) is 0 Å². The van der Waals surface area contributed by atoms with Gasteiger partial charge >= 0.3 is 5.97 Å². The molecule has 1 aliphatic rings. The molecule has 6 heteroatoms. The van der Waals surface area contributed by atoms with Crippen molar-refractivity contribution in [1.29, 1.82) is 0 Å². The summed E-state index contributed by atoms with van der Waals surface area (Å²) in [7, 11) is 0. The molecule has 0 saturated carbocycles. The number of nitrogens with zero attached hydrogens (tertiary/aromatic N) is 1. The molecule has 1 rings (SSSR count). The minimum atomic E-state index is -1.91. The van der Waals surface area contributed by atoms with Gasteiger partial charge in [0, 0.05) is 6.42 Å². The number of rotatable bonds is 3. The van der Waals surface area contributed by atoms with E-state index in [4.69, 9.17) is 21.7 Å². The van der Waals surface area contributed by atoms with Gasteiger partial charge in [0.05, 0.1) is 6.21 Å². The molecule has 0 amide bonds. The third-order valence-electron chi connectivity index (χ3n) is 1.38. The Morgan fingerprint density at radius 1 is 1.73 bits per heavy atom. The molecule has 1 unspecified atom stereocenters. The Bertz CT molecular complexity index is 217. The fourth-order valence-corrected chi connectivity index (χ4v) is 0.672. The second-order valence-corrected chi connectivity index (χ2v) is 2.66. The molecule has 0 spiro atoms. The number of carbonyl (C=O) groups is 1. The highest BCUT2D eigenvalue weighted by Gasteiger charge is 2.44. The van der Waals surface area contributed by atoms with Crippen LogP contribution >= 0.6 is 0 Å². The van der Waals surface area contributed by atoms with Gasteiger partial charge in [-0.1, -0.05) is 0 Å². The van der Waals surface area contributed by atoms with Crippen LogP contribution in [0.3, 0.4) is 0 Å². The molecule has 0 radical (unpaired) electrons. The lowest BCUT2D eigenvalue weighted by Gasteiger charge is -2.20. The highest BCUT2D eigenvalue weighted by Crippen LogP contribution is 2.24. The number of aliphatic imine (C=N–C) groups is 1. The molecule has 0 fully saturated rings. The van der Waals surface area contributed by atoms with E-state index in [-0.39, 0.29) is 6.42 Å². The Balaban J connectivity index is 2.53. The number of carboxylic acids is 1. The van der Waals surface area contributed by atoms with Gasteiger partial charge in [0.25, 0.3) is 0 Å². The Hall–Kier alpha value is -0.980. The van der Waals surface area contributed by atoms with Gasteiger partial charge in [-0.15, -0.1) is 0 Å². The lowest BCUT2D eigenvalue weighted by atomic mass is 10.0. The fraction of sp³-hybridized carbons (Fsp3) is 0.600. The highest BCUT2D eigenvalue weighted by molar-refractivity contribution is 5.85. The average Bonchev–Trinajstić information content (AvgIpc) is 2.45. The predicted molar refractivity (Wildman–Crippen MR) is 36.8 cm³/mol. The summed E-state index contributed by atoms with van der Waals surface area (Å²) in [5.74, 6) is -1.36. The van der Waals surface area contributed by atoms with Crippen LogP contribution in [0.15, 0.2) is 4.99 Å². The van der Waals surface area contributed by atoms with E-state index in [0.29, 0.717) is 0 Å². The van der Waals surface area contributed by atoms with Crippen molar-refractivity contribution in [2.45, 2.75) is 17.8 Å². The first kappa shape index (κ1) is 8.12. The monoisotopic (exact) mass is 159 g/mol. The molecule has 11 heavy (non-hydrogen) atoms. The van der Waals surface area contributed by atoms with Gasteiger partial charge in [-0.2, -0.15) is 0 Å². The van der Waals surface area contributed by atoms with E-state index in [1.165, 1.54) is 6.21 Å². The summed E-state index contributed by atoms with van der Waals surface area (Å²) in [5, 5.41) is 17.5. The number of nitrogens with two attached hydrogens (primary N) is 2. The predicted octanol–water partition coefficient (Wildman–Crippen LogP) is -2.15. The van der Waals surface area contributed by atoms with Crippen molar-refractivity contribution in [3.8, 4) is 0 Å². The zero-order chi connectivity index (χ0) is 8.70. The number of hydrogen-bond donors (Lipinski definition) is 4. The molecule has 1 aliphatic heterocycles. The maximum Gasteiger partial charge on any atom is 0.338 e. The molecule has 6 nitrogen and oxygen atoms in total. The zero-order valence-electron chi connectivity index (χ0n) is 5.69. The van der Waals surface area contributed by atoms with Crippen LogP contribution < -0.4 is 11.5 Å². The molecule has 0 aromatic rings. The molecule has 0 aliphatic carbocycles. The molecule has 0 aromatic carbocycles. The van der Waals surface area contributed by atoms with E-state index in [1.54, 1.807) is 0 Å². The molecule has 0 aromatic heterocycles. The largest absolute Gasteiger partial charge is 0.479 e. The van der Waals surface area contributed by atoms with Crippen molar-refractivity contribution in [1.82, 2.24) is 0 Å². The third kappa shape index (κ3) is 1.73. The highest BCUT2D eigenvalue weighted by atomic mass is 16.4. The fourth-order valence-electron chi connectivity index (χ4n) is 0.672. The second-order valence-electron chi connectivity index (χ2n) is 2.66. The van der Waals surface area contributed by atoms with E-state index < -0.39 is 17.4 Å². The minimum Gasteiger partial charge on any atom is -0.479 e. The second kappa shape index (κ2) is 2.00. The molecular weight excluding hydrogens is 150 g/mol. The molecule has 1 heterocycles. The van der Waals surface area contributed by atoms with Crippen LogP contribution in [0.1, 0.15) is 6.42 Å². The Morgan fingerprint density at radius 2 is 2.18 bits per heavy atom. The van der Waals surface area contributed by atoms with E-state index in [1.807, 2.05) is 0 Å². The molecule has 0 bridgehead atoms. The van der Waals surface area contributed by atoms with Crippen LogP contribution in [0.4, 0.5) is 0 Å². The average molecular weight is 159 g/mol. The summed E-state index contributed by atoms with van der Waals surface area (Å²) in [4.78, 5) is 13.7. The van der Waals surface area contributed by atoms with Crippen molar-refractivity contribution in [3.05, 3.63) is 0 Å². The maximum atomic E-state index is 10.3. The van der Waals surface area contributed by atoms with Crippen molar-refractivity contribution >= 4 is 12.2 Å². The van der Waals surface area contributed by atoms with Gasteiger partial charge < -0.3 is 21.7 Å². The van der Waals surface area contributed by atoms with Crippen LogP contribution in [-0.2, 0) is 4.79 Å². The summed E-state index contributed by atoms with van der Waals surface area (Å²) in [6, 6.07) is 0. The normalized spacial score (nSPS) is 28.6. The molecule has 6 N–H and O–H groups in total. The van der Waals surface area contributed by atoms with E-state index >= 15 is 0 Å². The van der Waals surface area contributed by atoms with Crippen molar-refractivity contribution in [2.24, 2.45) is 16.5 Å². The van der Waals surface area contributed by atoms with Crippen LogP contribution in [-0.4, -0.2) is 33.8 Å². The third-order valence-corrected chi connectivity index (χ3v) is 1.38. The van der Waals surface area contributed by atoms with E-state index in [9.17, 15) is 4.79 Å². The molecule has 1 atom stereocenters. The SMILES string of the molecule is NC(N)(CC1(O)C=N1)C(=O)O. The summed E-state index contributed by atoms with van der Waals surface area (Å²) in [6.07, 6.45) is 0.903. The van der Waals surface area contributed by atoms with Gasteiger partial charge in [-0.3, -0.25) is 4.99 Å². The van der Waals surface area contributed by atoms with Crippen LogP contribution in [0.5, 0.6) is 0 Å². The van der Waals surface area contributed by atoms with Crippen molar-refractivity contribution < 1.29 is 15.0 Å². The van der Waals surface area contributed by atoms with Crippen LogP contribution in [0.25, 0.3) is 0 Å². The lowest BCUT2D eigenvalue weighted by Crippen LogP contribution is -2.59. The minimum absolute atomic E-state index is 0.296. The van der Waals surface area contributed by atoms with Gasteiger partial charge in [0.15, 0.2) is 11.4 Å². The number of aliphatic carboxylic acids is 1. The summed E-state index contributed by atoms with van der Waals surface area (Å²) >= 11 is 0. The van der Waals surface area contributed by atoms with Crippen molar-refractivity contribution in [2.75, 3.05) is 0 Å². The number of hydrogen-bond acceptors (Lipinski definition) is 5. The Morgan fingerprint density at radius 3 is 2.45 bits per heavy atom. The smallest absolute Gasteiger partial charge is 0.338 e. The van der Waals surface area contributed by atoms with Gasteiger partial charge in [-0.05, 0) is 0 Å². The first-order chi connectivity index (χ1) is 4.86. The Kier molecular flexibility index (Phi) is 1.48. The summed E-state index contributed by atoms with van der Waals surface area (Å²) in [5.41, 5.74) is 6.92. The molecule has 0 saturated heterocycles. The maximum absolute atomic E-state index is 10.3. The Labute approximate surface area is 62.5 Å². The van der Waals surface area contributed by atoms with Crippen molar-refractivity contribution in [3.63, 3.8) is 0 Å². The first-order valence-electron chi connectivity index (χ1n) is 2.96. The molecular formula is C5H9N3O3. The zero-order valence-corrected chi connectivity index (χ0v) is 5.69. The van der Waals surface area contributed by atoms with Gasteiger partial charge in [0.2, 0.25) is 0 Å².